The van der Waals surface area contributed by atoms with Gasteiger partial charge in [-0.2, -0.15) is 9.61 Å². The largest absolute Gasteiger partial charge is 0.324 e. The van der Waals surface area contributed by atoms with Crippen LogP contribution in [0.3, 0.4) is 0 Å². The van der Waals surface area contributed by atoms with Crippen LogP contribution in [0.2, 0.25) is 5.02 Å². The quantitative estimate of drug-likeness (QED) is 0.787. The monoisotopic (exact) mass is 307 g/mol. The van der Waals surface area contributed by atoms with E-state index < -0.39 is 0 Å². The third-order valence-corrected chi connectivity index (χ3v) is 4.08. The first-order valence-electron chi connectivity index (χ1n) is 5.87. The number of hydrogen-bond donors (Lipinski definition) is 1. The number of rotatable bonds is 3. The second-order valence-corrected chi connectivity index (χ2v) is 5.56. The fourth-order valence-corrected chi connectivity index (χ4v) is 2.71. The summed E-state index contributed by atoms with van der Waals surface area (Å²) in [5.41, 5.74) is 6.36. The van der Waals surface area contributed by atoms with E-state index in [0.717, 1.165) is 5.56 Å². The number of halogens is 1. The van der Waals surface area contributed by atoms with Gasteiger partial charge in [-0.15, -0.1) is 10.2 Å². The lowest BCUT2D eigenvalue weighted by Gasteiger charge is -2.02. The molecule has 20 heavy (non-hydrogen) atoms. The summed E-state index contributed by atoms with van der Waals surface area (Å²) in [6.07, 6.45) is 0.323. The molecule has 3 aromatic rings. The molecule has 0 spiro atoms. The normalized spacial score (nSPS) is 11.1. The minimum atomic E-state index is -0.286. The molecule has 2 N–H and O–H groups in total. The lowest BCUT2D eigenvalue weighted by Crippen LogP contribution is -2.22. The Hall–Kier alpha value is -1.83. The highest BCUT2D eigenvalue weighted by atomic mass is 35.5. The molecule has 0 aliphatic carbocycles. The third-order valence-electron chi connectivity index (χ3n) is 2.79. The fourth-order valence-electron chi connectivity index (χ4n) is 1.80. The van der Waals surface area contributed by atoms with E-state index in [2.05, 4.69) is 15.3 Å². The van der Waals surface area contributed by atoms with Gasteiger partial charge < -0.3 is 5.73 Å². The standard InChI is InChI=1S/C12H10ClN5OS/c13-8-4-2-1-3-7(8)5-9-11(19)18-12(16-15-9)20-10(6-14)17-18/h1-4H,5-6,14H2. The molecule has 3 rings (SSSR count). The van der Waals surface area contributed by atoms with Crippen molar-refractivity contribution in [3.8, 4) is 0 Å². The Morgan fingerprint density at radius 1 is 1.30 bits per heavy atom. The average molecular weight is 308 g/mol. The number of fused-ring (bicyclic) bond motifs is 1. The van der Waals surface area contributed by atoms with Gasteiger partial charge in [-0.05, 0) is 11.6 Å². The Morgan fingerprint density at radius 2 is 2.10 bits per heavy atom. The highest BCUT2D eigenvalue weighted by Gasteiger charge is 2.12. The van der Waals surface area contributed by atoms with Gasteiger partial charge >= 0.3 is 0 Å². The lowest BCUT2D eigenvalue weighted by atomic mass is 10.1. The second kappa shape index (κ2) is 5.28. The Balaban J connectivity index is 2.06. The maximum absolute atomic E-state index is 12.3. The van der Waals surface area contributed by atoms with Crippen molar-refractivity contribution in [2.75, 3.05) is 0 Å². The Kier molecular flexibility index (Phi) is 3.47. The van der Waals surface area contributed by atoms with Crippen molar-refractivity contribution in [1.29, 1.82) is 0 Å². The van der Waals surface area contributed by atoms with Gasteiger partial charge in [0.2, 0.25) is 4.96 Å². The van der Waals surface area contributed by atoms with Crippen molar-refractivity contribution in [1.82, 2.24) is 19.8 Å². The van der Waals surface area contributed by atoms with Crippen LogP contribution in [0, 0.1) is 0 Å². The van der Waals surface area contributed by atoms with Gasteiger partial charge in [0.25, 0.3) is 5.56 Å². The maximum atomic E-state index is 12.3. The molecule has 6 nitrogen and oxygen atoms in total. The SMILES string of the molecule is NCc1nn2c(=O)c(Cc3ccccc3Cl)nnc2s1. The summed E-state index contributed by atoms with van der Waals surface area (Å²) in [5, 5.41) is 13.3. The van der Waals surface area contributed by atoms with Crippen LogP contribution in [0.15, 0.2) is 29.1 Å². The van der Waals surface area contributed by atoms with Crippen molar-refractivity contribution in [3.05, 3.63) is 55.9 Å². The molecule has 0 amide bonds. The van der Waals surface area contributed by atoms with Crippen LogP contribution < -0.4 is 11.3 Å². The molecule has 0 radical (unpaired) electrons. The summed E-state index contributed by atoms with van der Waals surface area (Å²) >= 11 is 7.34. The molecule has 102 valence electrons. The van der Waals surface area contributed by atoms with Gasteiger partial charge in [-0.25, -0.2) is 0 Å². The maximum Gasteiger partial charge on any atom is 0.297 e. The molecule has 0 saturated heterocycles. The third kappa shape index (κ3) is 2.31. The van der Waals surface area contributed by atoms with Gasteiger partial charge in [0.05, 0.1) is 0 Å². The van der Waals surface area contributed by atoms with Crippen molar-refractivity contribution in [2.45, 2.75) is 13.0 Å². The number of hydrogen-bond acceptors (Lipinski definition) is 6. The van der Waals surface area contributed by atoms with Crippen LogP contribution in [-0.2, 0) is 13.0 Å². The summed E-state index contributed by atoms with van der Waals surface area (Å²) < 4.78 is 1.24. The smallest absolute Gasteiger partial charge is 0.297 e. The van der Waals surface area contributed by atoms with Crippen molar-refractivity contribution < 1.29 is 0 Å². The highest BCUT2D eigenvalue weighted by Crippen LogP contribution is 2.17. The van der Waals surface area contributed by atoms with Crippen LogP contribution in [-0.4, -0.2) is 19.8 Å². The van der Waals surface area contributed by atoms with Crippen LogP contribution in [0.1, 0.15) is 16.3 Å². The van der Waals surface area contributed by atoms with E-state index >= 15 is 0 Å². The van der Waals surface area contributed by atoms with E-state index in [9.17, 15) is 4.79 Å². The second-order valence-electron chi connectivity index (χ2n) is 4.11. The molecule has 0 fully saturated rings. The van der Waals surface area contributed by atoms with Gasteiger partial charge in [0.15, 0.2) is 0 Å². The average Bonchev–Trinajstić information content (AvgIpc) is 2.88. The van der Waals surface area contributed by atoms with Crippen LogP contribution >= 0.6 is 22.9 Å². The van der Waals surface area contributed by atoms with Crippen LogP contribution in [0.4, 0.5) is 0 Å². The van der Waals surface area contributed by atoms with Crippen molar-refractivity contribution >= 4 is 27.9 Å². The predicted octanol–water partition coefficient (Wildman–Crippen LogP) is 1.25. The Labute approximate surface area is 122 Å². The zero-order valence-corrected chi connectivity index (χ0v) is 11.9. The topological polar surface area (TPSA) is 86.2 Å². The first-order valence-corrected chi connectivity index (χ1v) is 7.06. The number of benzene rings is 1. The Morgan fingerprint density at radius 3 is 2.85 bits per heavy atom. The summed E-state index contributed by atoms with van der Waals surface area (Å²) in [5.74, 6) is 0. The number of nitrogens with two attached hydrogens (primary N) is 1. The van der Waals surface area contributed by atoms with E-state index in [1.54, 1.807) is 6.07 Å². The van der Waals surface area contributed by atoms with Crippen LogP contribution in [0.25, 0.3) is 4.96 Å². The summed E-state index contributed by atoms with van der Waals surface area (Å²) in [4.78, 5) is 12.7. The summed E-state index contributed by atoms with van der Waals surface area (Å²) in [7, 11) is 0. The van der Waals surface area contributed by atoms with Gasteiger partial charge in [-0.1, -0.05) is 41.1 Å². The number of aromatic nitrogens is 4. The molecule has 1 aromatic carbocycles. The zero-order chi connectivity index (χ0) is 14.1. The summed E-state index contributed by atoms with van der Waals surface area (Å²) in [6.45, 7) is 0.271. The molecule has 2 aromatic heterocycles. The lowest BCUT2D eigenvalue weighted by molar-refractivity contribution is 0.789. The summed E-state index contributed by atoms with van der Waals surface area (Å²) in [6, 6.07) is 7.32. The predicted molar refractivity (Wildman–Crippen MR) is 77.1 cm³/mol. The van der Waals surface area contributed by atoms with Gasteiger partial charge in [0, 0.05) is 18.0 Å². The molecule has 0 unspecified atom stereocenters. The van der Waals surface area contributed by atoms with Crippen molar-refractivity contribution in [2.24, 2.45) is 5.73 Å². The van der Waals surface area contributed by atoms with Gasteiger partial charge in [-0.3, -0.25) is 4.79 Å². The molecule has 2 heterocycles. The minimum Gasteiger partial charge on any atom is -0.324 e. The van der Waals surface area contributed by atoms with E-state index in [0.29, 0.717) is 27.1 Å². The van der Waals surface area contributed by atoms with Gasteiger partial charge in [0.1, 0.15) is 10.7 Å². The highest BCUT2D eigenvalue weighted by molar-refractivity contribution is 7.16. The van der Waals surface area contributed by atoms with E-state index in [1.165, 1.54) is 15.9 Å². The molecule has 0 atom stereocenters. The molecule has 0 aliphatic heterocycles. The van der Waals surface area contributed by atoms with E-state index in [-0.39, 0.29) is 12.1 Å². The molecule has 8 heteroatoms. The minimum absolute atomic E-state index is 0.271. The first kappa shape index (κ1) is 13.2. The molecular weight excluding hydrogens is 298 g/mol. The van der Waals surface area contributed by atoms with Crippen LogP contribution in [0.5, 0.6) is 0 Å². The molecule has 0 aliphatic rings. The van der Waals surface area contributed by atoms with E-state index in [1.807, 2.05) is 18.2 Å². The molecule has 0 saturated carbocycles. The zero-order valence-electron chi connectivity index (χ0n) is 10.3. The molecule has 0 bridgehead atoms. The van der Waals surface area contributed by atoms with E-state index in [4.69, 9.17) is 17.3 Å². The van der Waals surface area contributed by atoms with Crippen molar-refractivity contribution in [3.63, 3.8) is 0 Å². The Bertz CT molecular complexity index is 828. The fraction of sp³-hybridized carbons (Fsp3) is 0.167. The molecular formula is C12H10ClN5OS. The first-order chi connectivity index (χ1) is 9.69. The number of nitrogens with zero attached hydrogens (tertiary/aromatic N) is 4.